The highest BCUT2D eigenvalue weighted by molar-refractivity contribution is 6.12. The van der Waals surface area contributed by atoms with Gasteiger partial charge in [-0.25, -0.2) is 0 Å². The van der Waals surface area contributed by atoms with Gasteiger partial charge in [-0.15, -0.1) is 0 Å². The molecule has 0 bridgehead atoms. The van der Waals surface area contributed by atoms with Crippen LogP contribution in [0.15, 0.2) is 140 Å². The number of benzene rings is 7. The molecule has 1 nitrogen and oxygen atoms in total. The van der Waals surface area contributed by atoms with Gasteiger partial charge in [0.1, 0.15) is 0 Å². The van der Waals surface area contributed by atoms with Crippen molar-refractivity contribution in [3.63, 3.8) is 0 Å². The van der Waals surface area contributed by atoms with Crippen molar-refractivity contribution in [2.24, 2.45) is 0 Å². The number of aryl methyl sites for hydroxylation is 4. The quantitative estimate of drug-likeness (QED) is 0.205. The van der Waals surface area contributed by atoms with Crippen LogP contribution >= 0.6 is 0 Å². The fraction of sp³-hybridized carbons (Fsp3) is 0.0952. The lowest BCUT2D eigenvalue weighted by Gasteiger charge is -2.26. The first-order chi connectivity index (χ1) is 21.0. The Morgan fingerprint density at radius 1 is 0.372 bits per heavy atom. The molecule has 208 valence electrons. The maximum atomic E-state index is 2.38. The van der Waals surface area contributed by atoms with E-state index in [4.69, 9.17) is 0 Å². The number of fused-ring (bicyclic) bond motifs is 2. The van der Waals surface area contributed by atoms with Crippen molar-refractivity contribution < 1.29 is 0 Å². The van der Waals surface area contributed by atoms with Crippen LogP contribution in [0.1, 0.15) is 22.3 Å². The van der Waals surface area contributed by atoms with Gasteiger partial charge in [-0.1, -0.05) is 109 Å². The summed E-state index contributed by atoms with van der Waals surface area (Å²) < 4.78 is 0. The van der Waals surface area contributed by atoms with Gasteiger partial charge >= 0.3 is 0 Å². The topological polar surface area (TPSA) is 3.24 Å². The Morgan fingerprint density at radius 3 is 1.47 bits per heavy atom. The minimum Gasteiger partial charge on any atom is -0.311 e. The number of para-hydroxylation sites is 1. The Hall–Kier alpha value is -5.14. The largest absolute Gasteiger partial charge is 0.311 e. The van der Waals surface area contributed by atoms with Crippen molar-refractivity contribution in [3.8, 4) is 22.3 Å². The van der Waals surface area contributed by atoms with E-state index < -0.39 is 0 Å². The second kappa shape index (κ2) is 10.9. The van der Waals surface area contributed by atoms with Crippen molar-refractivity contribution in [1.82, 2.24) is 0 Å². The third-order valence-electron chi connectivity index (χ3n) is 8.68. The molecule has 7 rings (SSSR count). The van der Waals surface area contributed by atoms with Gasteiger partial charge in [0.05, 0.1) is 0 Å². The van der Waals surface area contributed by atoms with Crippen LogP contribution in [0.2, 0.25) is 0 Å². The molecule has 0 saturated heterocycles. The van der Waals surface area contributed by atoms with Crippen molar-refractivity contribution in [1.29, 1.82) is 0 Å². The first-order valence-electron chi connectivity index (χ1n) is 15.0. The second-order valence-corrected chi connectivity index (χ2v) is 11.6. The summed E-state index contributed by atoms with van der Waals surface area (Å²) >= 11 is 0. The van der Waals surface area contributed by atoms with E-state index >= 15 is 0 Å². The molecule has 0 aliphatic carbocycles. The molecule has 0 heterocycles. The standard InChI is InChI=1S/C42H35N/c1-28-18-22-34(23-19-28)43(33-12-6-5-7-13-33)35-24-20-32(21-25-35)40-27-31(4)42(39-17-11-9-15-37(39)40)41-30(3)26-29(2)36-14-8-10-16-38(36)41/h5-27H,1-4H3. The lowest BCUT2D eigenvalue weighted by Crippen LogP contribution is -2.09. The summed E-state index contributed by atoms with van der Waals surface area (Å²) in [6.07, 6.45) is 0. The average molecular weight is 554 g/mol. The average Bonchev–Trinajstić information content (AvgIpc) is 3.04. The SMILES string of the molecule is Cc1ccc(N(c2ccccc2)c2ccc(-c3cc(C)c(-c4c(C)cc(C)c5ccccc45)c4ccccc34)cc2)cc1. The summed E-state index contributed by atoms with van der Waals surface area (Å²) in [5.41, 5.74) is 13.8. The molecule has 0 aliphatic rings. The molecule has 0 atom stereocenters. The van der Waals surface area contributed by atoms with E-state index in [1.165, 1.54) is 66.1 Å². The molecule has 0 amide bonds. The molecule has 0 fully saturated rings. The van der Waals surface area contributed by atoms with Crippen LogP contribution in [-0.2, 0) is 0 Å². The normalized spacial score (nSPS) is 11.3. The number of anilines is 3. The maximum Gasteiger partial charge on any atom is 0.0462 e. The highest BCUT2D eigenvalue weighted by Gasteiger charge is 2.18. The Labute approximate surface area is 254 Å². The molecule has 1 heteroatoms. The van der Waals surface area contributed by atoms with Crippen molar-refractivity contribution >= 4 is 38.6 Å². The molecule has 0 radical (unpaired) electrons. The van der Waals surface area contributed by atoms with Gasteiger partial charge < -0.3 is 4.90 Å². The van der Waals surface area contributed by atoms with Crippen LogP contribution in [0.25, 0.3) is 43.8 Å². The van der Waals surface area contributed by atoms with Gasteiger partial charge in [-0.2, -0.15) is 0 Å². The number of hydrogen-bond acceptors (Lipinski definition) is 1. The van der Waals surface area contributed by atoms with Crippen LogP contribution in [0.4, 0.5) is 17.1 Å². The summed E-state index contributed by atoms with van der Waals surface area (Å²) in [5.74, 6) is 0. The number of nitrogens with zero attached hydrogens (tertiary/aromatic N) is 1. The van der Waals surface area contributed by atoms with Crippen molar-refractivity contribution in [2.75, 3.05) is 4.90 Å². The first kappa shape index (κ1) is 26.7. The molecule has 0 N–H and O–H groups in total. The van der Waals surface area contributed by atoms with E-state index in [-0.39, 0.29) is 0 Å². The fourth-order valence-corrected chi connectivity index (χ4v) is 6.66. The van der Waals surface area contributed by atoms with Gasteiger partial charge in [-0.05, 0) is 125 Å². The van der Waals surface area contributed by atoms with Crippen LogP contribution in [0, 0.1) is 27.7 Å². The van der Waals surface area contributed by atoms with Gasteiger partial charge in [0.2, 0.25) is 0 Å². The van der Waals surface area contributed by atoms with Crippen LogP contribution in [0.5, 0.6) is 0 Å². The molecule has 0 aromatic heterocycles. The summed E-state index contributed by atoms with van der Waals surface area (Å²) in [6, 6.07) is 50.8. The van der Waals surface area contributed by atoms with Crippen molar-refractivity contribution in [2.45, 2.75) is 27.7 Å². The summed E-state index contributed by atoms with van der Waals surface area (Å²) in [7, 11) is 0. The van der Waals surface area contributed by atoms with Gasteiger partial charge in [0.25, 0.3) is 0 Å². The van der Waals surface area contributed by atoms with Crippen LogP contribution in [-0.4, -0.2) is 0 Å². The smallest absolute Gasteiger partial charge is 0.0462 e. The lowest BCUT2D eigenvalue weighted by atomic mass is 9.84. The van der Waals surface area contributed by atoms with E-state index in [9.17, 15) is 0 Å². The molecular weight excluding hydrogens is 518 g/mol. The number of hydrogen-bond donors (Lipinski definition) is 0. The zero-order chi connectivity index (χ0) is 29.5. The zero-order valence-electron chi connectivity index (χ0n) is 25.2. The molecule has 7 aromatic carbocycles. The maximum absolute atomic E-state index is 2.38. The molecule has 0 spiro atoms. The van der Waals surface area contributed by atoms with Gasteiger partial charge in [0, 0.05) is 17.1 Å². The predicted octanol–water partition coefficient (Wildman–Crippen LogP) is 12.0. The third-order valence-corrected chi connectivity index (χ3v) is 8.68. The molecule has 0 saturated carbocycles. The van der Waals surface area contributed by atoms with E-state index in [1.807, 2.05) is 0 Å². The Bertz CT molecular complexity index is 2090. The Morgan fingerprint density at radius 2 is 0.837 bits per heavy atom. The molecular formula is C42H35N. The first-order valence-corrected chi connectivity index (χ1v) is 15.0. The van der Waals surface area contributed by atoms with Crippen LogP contribution < -0.4 is 4.90 Å². The van der Waals surface area contributed by atoms with E-state index in [0.717, 1.165) is 17.1 Å². The second-order valence-electron chi connectivity index (χ2n) is 11.6. The van der Waals surface area contributed by atoms with E-state index in [2.05, 4.69) is 172 Å². The molecule has 7 aromatic rings. The Balaban J connectivity index is 1.37. The lowest BCUT2D eigenvalue weighted by molar-refractivity contribution is 1.27. The van der Waals surface area contributed by atoms with E-state index in [0.29, 0.717) is 0 Å². The minimum absolute atomic E-state index is 1.14. The van der Waals surface area contributed by atoms with Gasteiger partial charge in [0.15, 0.2) is 0 Å². The Kier molecular flexibility index (Phi) is 6.80. The molecule has 0 unspecified atom stereocenters. The third kappa shape index (κ3) is 4.77. The monoisotopic (exact) mass is 553 g/mol. The minimum atomic E-state index is 1.14. The van der Waals surface area contributed by atoms with E-state index in [1.54, 1.807) is 0 Å². The van der Waals surface area contributed by atoms with Crippen molar-refractivity contribution in [3.05, 3.63) is 162 Å². The summed E-state index contributed by atoms with van der Waals surface area (Å²) in [6.45, 7) is 8.87. The van der Waals surface area contributed by atoms with Crippen LogP contribution in [0.3, 0.4) is 0 Å². The highest BCUT2D eigenvalue weighted by atomic mass is 15.1. The van der Waals surface area contributed by atoms with Gasteiger partial charge in [-0.3, -0.25) is 0 Å². The summed E-state index contributed by atoms with van der Waals surface area (Å²) in [5, 5.41) is 5.22. The highest BCUT2D eigenvalue weighted by Crippen LogP contribution is 2.43. The predicted molar refractivity (Wildman–Crippen MR) is 186 cm³/mol. The zero-order valence-corrected chi connectivity index (χ0v) is 25.2. The summed E-state index contributed by atoms with van der Waals surface area (Å²) in [4.78, 5) is 2.32. The molecule has 0 aliphatic heterocycles. The number of rotatable bonds is 5. The fourth-order valence-electron chi connectivity index (χ4n) is 6.66. The molecule has 43 heavy (non-hydrogen) atoms.